The number of rotatable bonds is 9. The summed E-state index contributed by atoms with van der Waals surface area (Å²) in [6, 6.07) is 12.0. The predicted octanol–water partition coefficient (Wildman–Crippen LogP) is 7.65. The fourth-order valence-electron chi connectivity index (χ4n) is 5.78. The molecule has 0 atom stereocenters. The number of hydrogen-bond acceptors (Lipinski definition) is 6. The van der Waals surface area contributed by atoms with Crippen LogP contribution in [0.1, 0.15) is 58.8 Å². The zero-order valence-electron chi connectivity index (χ0n) is 24.3. The molecule has 1 N–H and O–H groups in total. The average Bonchev–Trinajstić information content (AvgIpc) is 3.01. The van der Waals surface area contributed by atoms with E-state index in [1.807, 2.05) is 23.1 Å². The van der Waals surface area contributed by atoms with E-state index in [1.165, 1.54) is 11.8 Å². The van der Waals surface area contributed by atoms with E-state index in [-0.39, 0.29) is 24.8 Å². The standard InChI is InChI=1S/C31H36F5N3O4S/c1-42-26-7-4-23(5-8-26)24-6-13-30(25(18-24)21-40)43-27-9-12-29(37-19-27)31(41)39-16-14-38(15-17-39)20-22-2-10-28(11-3-22)44(32,33,34,35)36/h2-3,6,9-13,18-19,23,26,40H,4-5,7-8,14-17,20-21H2,1H3. The molecule has 0 spiro atoms. The van der Waals surface area contributed by atoms with Crippen LogP contribution in [0.3, 0.4) is 0 Å². The van der Waals surface area contributed by atoms with Crippen molar-refractivity contribution in [3.63, 3.8) is 0 Å². The molecule has 1 aliphatic heterocycles. The highest BCUT2D eigenvalue weighted by molar-refractivity contribution is 8.45. The second-order valence-electron chi connectivity index (χ2n) is 11.4. The van der Waals surface area contributed by atoms with E-state index in [4.69, 9.17) is 9.47 Å². The van der Waals surface area contributed by atoms with Crippen LogP contribution in [0.4, 0.5) is 19.4 Å². The van der Waals surface area contributed by atoms with Gasteiger partial charge in [-0.05, 0) is 79.1 Å². The largest absolute Gasteiger partial charge is 0.455 e. The number of aliphatic hydroxyl groups is 1. The number of amides is 1. The maximum atomic E-state index is 13.0. The Bertz CT molecular complexity index is 1460. The normalized spacial score (nSPS) is 21.4. The molecule has 13 heteroatoms. The van der Waals surface area contributed by atoms with Gasteiger partial charge in [0.2, 0.25) is 0 Å². The van der Waals surface area contributed by atoms with Crippen molar-refractivity contribution >= 4 is 16.1 Å². The molecule has 1 saturated heterocycles. The van der Waals surface area contributed by atoms with E-state index in [9.17, 15) is 29.3 Å². The van der Waals surface area contributed by atoms with Gasteiger partial charge in [0.15, 0.2) is 0 Å². The maximum Gasteiger partial charge on any atom is 0.310 e. The van der Waals surface area contributed by atoms with E-state index in [2.05, 4.69) is 4.98 Å². The van der Waals surface area contributed by atoms with Crippen molar-refractivity contribution in [2.75, 3.05) is 33.3 Å². The van der Waals surface area contributed by atoms with E-state index in [1.54, 1.807) is 24.1 Å². The van der Waals surface area contributed by atoms with Crippen LogP contribution in [0, 0.1) is 0 Å². The molecule has 1 saturated carbocycles. The minimum absolute atomic E-state index is 0.178. The van der Waals surface area contributed by atoms with Crippen molar-refractivity contribution < 1.29 is 38.8 Å². The third-order valence-corrected chi connectivity index (χ3v) is 9.51. The van der Waals surface area contributed by atoms with Gasteiger partial charge in [-0.1, -0.05) is 37.6 Å². The Labute approximate surface area is 253 Å². The number of aliphatic hydroxyl groups excluding tert-OH is 1. The number of halogens is 5. The van der Waals surface area contributed by atoms with Crippen molar-refractivity contribution in [1.82, 2.24) is 14.8 Å². The summed E-state index contributed by atoms with van der Waals surface area (Å²) in [5.74, 6) is 1.09. The number of piperazine rings is 1. The maximum absolute atomic E-state index is 13.0. The molecule has 0 unspecified atom stereocenters. The van der Waals surface area contributed by atoms with E-state index in [0.29, 0.717) is 73.0 Å². The second-order valence-corrected chi connectivity index (χ2v) is 13.8. The fraction of sp³-hybridized carbons (Fsp3) is 0.419. The Morgan fingerprint density at radius 3 is 2.18 bits per heavy atom. The summed E-state index contributed by atoms with van der Waals surface area (Å²) in [5, 5.41) is 9.98. The van der Waals surface area contributed by atoms with Gasteiger partial charge >= 0.3 is 10.2 Å². The van der Waals surface area contributed by atoms with E-state index in [0.717, 1.165) is 37.8 Å². The van der Waals surface area contributed by atoms with E-state index >= 15 is 0 Å². The van der Waals surface area contributed by atoms with Crippen LogP contribution < -0.4 is 4.74 Å². The predicted molar refractivity (Wildman–Crippen MR) is 158 cm³/mol. The molecule has 2 aromatic carbocycles. The monoisotopic (exact) mass is 641 g/mol. The Morgan fingerprint density at radius 1 is 0.932 bits per heavy atom. The zero-order chi connectivity index (χ0) is 31.6. The van der Waals surface area contributed by atoms with Crippen LogP contribution in [0.2, 0.25) is 0 Å². The van der Waals surface area contributed by atoms with Crippen molar-refractivity contribution in [2.24, 2.45) is 0 Å². The first-order valence-electron chi connectivity index (χ1n) is 14.5. The van der Waals surface area contributed by atoms with Crippen LogP contribution in [0.25, 0.3) is 0 Å². The molecule has 1 aromatic heterocycles. The number of aromatic nitrogens is 1. The Kier molecular flexibility index (Phi) is 8.71. The first-order valence-corrected chi connectivity index (χ1v) is 16.4. The Balaban J connectivity index is 1.13. The third-order valence-electron chi connectivity index (χ3n) is 8.35. The lowest BCUT2D eigenvalue weighted by Gasteiger charge is -2.40. The number of carbonyl (C=O) groups excluding carboxylic acids is 1. The quantitative estimate of drug-likeness (QED) is 0.242. The van der Waals surface area contributed by atoms with Crippen LogP contribution in [0.5, 0.6) is 11.5 Å². The number of methoxy groups -OCH3 is 1. The van der Waals surface area contributed by atoms with Gasteiger partial charge in [0.05, 0.1) is 18.9 Å². The summed E-state index contributed by atoms with van der Waals surface area (Å²) in [5.41, 5.74) is 2.55. The van der Waals surface area contributed by atoms with Gasteiger partial charge in [-0.2, -0.15) is 0 Å². The fourth-order valence-corrected chi connectivity index (χ4v) is 6.43. The first kappa shape index (κ1) is 32.1. The molecule has 1 amide bonds. The van der Waals surface area contributed by atoms with Crippen LogP contribution in [0.15, 0.2) is 65.7 Å². The van der Waals surface area contributed by atoms with Gasteiger partial charge in [-0.25, -0.2) is 4.98 Å². The summed E-state index contributed by atoms with van der Waals surface area (Å²) < 4.78 is 76.3. The van der Waals surface area contributed by atoms with Gasteiger partial charge in [0.25, 0.3) is 5.91 Å². The van der Waals surface area contributed by atoms with Gasteiger partial charge in [0, 0.05) is 45.4 Å². The van der Waals surface area contributed by atoms with Crippen molar-refractivity contribution in [3.05, 3.63) is 83.2 Å². The molecule has 0 radical (unpaired) electrons. The topological polar surface area (TPSA) is 75.1 Å². The number of pyridine rings is 1. The lowest BCUT2D eigenvalue weighted by molar-refractivity contribution is 0.0622. The molecule has 3 aromatic rings. The second kappa shape index (κ2) is 11.9. The summed E-state index contributed by atoms with van der Waals surface area (Å²) >= 11 is 0. The summed E-state index contributed by atoms with van der Waals surface area (Å²) in [4.78, 5) is 19.0. The molecule has 7 nitrogen and oxygen atoms in total. The Hall–Kier alpha value is -3.26. The van der Waals surface area contributed by atoms with Crippen LogP contribution in [-0.4, -0.2) is 65.2 Å². The highest BCUT2D eigenvalue weighted by Gasteiger charge is 2.65. The molecule has 0 bridgehead atoms. The number of benzene rings is 2. The third kappa shape index (κ3) is 7.87. The molecule has 1 aliphatic carbocycles. The minimum Gasteiger partial charge on any atom is -0.455 e. The molecule has 44 heavy (non-hydrogen) atoms. The van der Waals surface area contributed by atoms with Gasteiger partial charge in [-0.15, -0.1) is 0 Å². The molecule has 2 heterocycles. The molecule has 5 rings (SSSR count). The number of nitrogens with zero attached hydrogens (tertiary/aromatic N) is 3. The number of carbonyl (C=O) groups is 1. The smallest absolute Gasteiger partial charge is 0.310 e. The first-order chi connectivity index (χ1) is 20.7. The lowest BCUT2D eigenvalue weighted by Crippen LogP contribution is -2.48. The Morgan fingerprint density at radius 2 is 1.61 bits per heavy atom. The number of hydrogen-bond donors (Lipinski definition) is 1. The summed E-state index contributed by atoms with van der Waals surface area (Å²) in [7, 11) is -7.95. The minimum atomic E-state index is -9.70. The van der Waals surface area contributed by atoms with Gasteiger partial charge in [-0.3, -0.25) is 9.69 Å². The lowest BCUT2D eigenvalue weighted by atomic mass is 9.82. The van der Waals surface area contributed by atoms with Crippen molar-refractivity contribution in [3.8, 4) is 11.5 Å². The van der Waals surface area contributed by atoms with Crippen molar-refractivity contribution in [2.45, 2.75) is 55.8 Å². The van der Waals surface area contributed by atoms with Crippen molar-refractivity contribution in [1.29, 1.82) is 0 Å². The van der Waals surface area contributed by atoms with E-state index < -0.39 is 15.1 Å². The van der Waals surface area contributed by atoms with Gasteiger partial charge < -0.3 is 19.5 Å². The number of ether oxygens (including phenoxy) is 2. The molecular weight excluding hydrogens is 605 g/mol. The van der Waals surface area contributed by atoms with Crippen LogP contribution in [-0.2, 0) is 17.9 Å². The SMILES string of the molecule is COC1CCC(c2ccc(Oc3ccc(C(=O)N4CCN(Cc5ccc(S(F)(F)(F)(F)F)cc5)CC4)nc3)c(CO)c2)CC1. The zero-order valence-corrected chi connectivity index (χ0v) is 25.1. The molecule has 240 valence electrons. The molecular formula is C31H36F5N3O4S. The van der Waals surface area contributed by atoms with Crippen LogP contribution >= 0.6 is 10.2 Å². The summed E-state index contributed by atoms with van der Waals surface area (Å²) in [6.07, 6.45) is 5.84. The molecule has 2 aliphatic rings. The average molecular weight is 642 g/mol. The van der Waals surface area contributed by atoms with Gasteiger partial charge in [0.1, 0.15) is 22.1 Å². The summed E-state index contributed by atoms with van der Waals surface area (Å²) in [6.45, 7) is 1.78. The molecule has 2 fully saturated rings. The highest BCUT2D eigenvalue weighted by atomic mass is 32.5. The highest BCUT2D eigenvalue weighted by Crippen LogP contribution is 3.02.